The Morgan fingerprint density at radius 1 is 1.19 bits per heavy atom. The molecule has 0 radical (unpaired) electrons. The minimum Gasteiger partial charge on any atom is -0.357 e. The second-order valence-electron chi connectivity index (χ2n) is 6.43. The van der Waals surface area contributed by atoms with Crippen molar-refractivity contribution in [2.45, 2.75) is 26.3 Å². The normalized spacial score (nSPS) is 12.1. The smallest absolute Gasteiger partial charge is 0.253 e. The lowest BCUT2D eigenvalue weighted by Gasteiger charge is -2.15. The molecule has 2 aromatic rings. The molecule has 2 rings (SSSR count). The van der Waals surface area contributed by atoms with E-state index in [9.17, 15) is 4.79 Å². The van der Waals surface area contributed by atoms with E-state index < -0.39 is 0 Å². The van der Waals surface area contributed by atoms with Gasteiger partial charge in [-0.3, -0.25) is 4.79 Å². The first kappa shape index (κ1) is 23.4. The van der Waals surface area contributed by atoms with Crippen molar-refractivity contribution in [1.82, 2.24) is 15.5 Å². The number of carbonyl (C=O) groups is 1. The van der Waals surface area contributed by atoms with Crippen LogP contribution < -0.4 is 10.6 Å². The maximum atomic E-state index is 11.9. The molecule has 0 aliphatic heterocycles. The second-order valence-corrected chi connectivity index (χ2v) is 7.21. The van der Waals surface area contributed by atoms with Gasteiger partial charge in [-0.05, 0) is 52.9 Å². The maximum absolute atomic E-state index is 11.9. The van der Waals surface area contributed by atoms with Crippen LogP contribution in [0.2, 0.25) is 0 Å². The summed E-state index contributed by atoms with van der Waals surface area (Å²) in [5, 5.41) is 11.0. The molecule has 0 spiro atoms. The molecule has 0 saturated heterocycles. The predicted octanol–water partition coefficient (Wildman–Crippen LogP) is 3.93. The molecule has 0 bridgehead atoms. The summed E-state index contributed by atoms with van der Waals surface area (Å²) in [6, 6.07) is 9.78. The first-order valence-electron chi connectivity index (χ1n) is 8.86. The lowest BCUT2D eigenvalue weighted by atomic mass is 10.1. The van der Waals surface area contributed by atoms with Gasteiger partial charge in [-0.2, -0.15) is 11.3 Å². The number of aliphatic imine (C=N–C) groups is 1. The number of guanidine groups is 1. The number of amides is 1. The molecule has 5 nitrogen and oxygen atoms in total. The number of halogens is 1. The van der Waals surface area contributed by atoms with Crippen molar-refractivity contribution >= 4 is 47.2 Å². The molecule has 1 unspecified atom stereocenters. The average molecular weight is 500 g/mol. The van der Waals surface area contributed by atoms with Crippen molar-refractivity contribution in [2.75, 3.05) is 27.2 Å². The zero-order valence-corrected chi connectivity index (χ0v) is 19.5. The van der Waals surface area contributed by atoms with Crippen LogP contribution in [0, 0.1) is 0 Å². The lowest BCUT2D eigenvalue weighted by Crippen LogP contribution is -2.39. The molecule has 1 aromatic heterocycles. The van der Waals surface area contributed by atoms with Gasteiger partial charge in [-0.15, -0.1) is 24.0 Å². The Labute approximate surface area is 183 Å². The molecule has 2 N–H and O–H groups in total. The Morgan fingerprint density at radius 2 is 1.89 bits per heavy atom. The minimum atomic E-state index is 0. The third kappa shape index (κ3) is 7.50. The van der Waals surface area contributed by atoms with E-state index in [1.165, 1.54) is 5.56 Å². The summed E-state index contributed by atoms with van der Waals surface area (Å²) >= 11 is 1.72. The summed E-state index contributed by atoms with van der Waals surface area (Å²) in [4.78, 5) is 18.2. The van der Waals surface area contributed by atoms with Crippen LogP contribution in [0.25, 0.3) is 0 Å². The fourth-order valence-electron chi connectivity index (χ4n) is 2.45. The highest BCUT2D eigenvalue weighted by Gasteiger charge is 2.08. The predicted molar refractivity (Wildman–Crippen MR) is 125 cm³/mol. The number of nitrogens with zero attached hydrogens (tertiary/aromatic N) is 2. The van der Waals surface area contributed by atoms with Crippen molar-refractivity contribution in [3.05, 3.63) is 57.8 Å². The van der Waals surface area contributed by atoms with Gasteiger partial charge in [0, 0.05) is 32.7 Å². The maximum Gasteiger partial charge on any atom is 0.253 e. The van der Waals surface area contributed by atoms with Crippen LogP contribution in [-0.2, 0) is 6.54 Å². The van der Waals surface area contributed by atoms with Gasteiger partial charge < -0.3 is 15.5 Å². The monoisotopic (exact) mass is 500 g/mol. The van der Waals surface area contributed by atoms with E-state index in [0.29, 0.717) is 18.0 Å². The van der Waals surface area contributed by atoms with E-state index in [-0.39, 0.29) is 29.9 Å². The van der Waals surface area contributed by atoms with E-state index in [1.807, 2.05) is 24.3 Å². The van der Waals surface area contributed by atoms with Gasteiger partial charge in [0.2, 0.25) is 0 Å². The Hall–Kier alpha value is -1.61. The van der Waals surface area contributed by atoms with Gasteiger partial charge in [-0.1, -0.05) is 19.1 Å². The van der Waals surface area contributed by atoms with Crippen molar-refractivity contribution in [3.8, 4) is 0 Å². The lowest BCUT2D eigenvalue weighted by molar-refractivity contribution is 0.0827. The van der Waals surface area contributed by atoms with Gasteiger partial charge >= 0.3 is 0 Å². The third-order valence-corrected chi connectivity index (χ3v) is 4.76. The number of hydrogen-bond acceptors (Lipinski definition) is 3. The zero-order valence-electron chi connectivity index (χ0n) is 16.4. The Balaban J connectivity index is 0.00000364. The third-order valence-electron chi connectivity index (χ3n) is 4.06. The standard InChI is InChI=1S/C20H28N4OS.HI/c1-5-21-20(22-12-15(2)18-10-11-26-14-18)23-13-16-6-8-17(9-7-16)19(25)24(3)4;/h6-11,14-15H,5,12-13H2,1-4H3,(H2,21,22,23);1H. The number of thiophene rings is 1. The minimum absolute atomic E-state index is 0. The molecule has 0 fully saturated rings. The van der Waals surface area contributed by atoms with Crippen molar-refractivity contribution in [1.29, 1.82) is 0 Å². The highest BCUT2D eigenvalue weighted by Crippen LogP contribution is 2.17. The van der Waals surface area contributed by atoms with Crippen LogP contribution in [0.4, 0.5) is 0 Å². The van der Waals surface area contributed by atoms with Crippen LogP contribution in [0.5, 0.6) is 0 Å². The van der Waals surface area contributed by atoms with Crippen molar-refractivity contribution < 1.29 is 4.79 Å². The van der Waals surface area contributed by atoms with Gasteiger partial charge in [0.25, 0.3) is 5.91 Å². The first-order chi connectivity index (χ1) is 12.5. The first-order valence-corrected chi connectivity index (χ1v) is 9.80. The van der Waals surface area contributed by atoms with E-state index >= 15 is 0 Å². The number of nitrogens with one attached hydrogen (secondary N) is 2. The van der Waals surface area contributed by atoms with Crippen LogP contribution in [0.1, 0.15) is 41.3 Å². The summed E-state index contributed by atoms with van der Waals surface area (Å²) < 4.78 is 0. The summed E-state index contributed by atoms with van der Waals surface area (Å²) in [5.74, 6) is 1.25. The molecule has 27 heavy (non-hydrogen) atoms. The Morgan fingerprint density at radius 3 is 2.44 bits per heavy atom. The molecular weight excluding hydrogens is 471 g/mol. The molecule has 1 heterocycles. The zero-order chi connectivity index (χ0) is 18.9. The summed E-state index contributed by atoms with van der Waals surface area (Å²) in [7, 11) is 3.51. The van der Waals surface area contributed by atoms with Crippen molar-refractivity contribution in [2.24, 2.45) is 4.99 Å². The molecule has 148 valence electrons. The fraction of sp³-hybridized carbons (Fsp3) is 0.400. The molecule has 0 aliphatic rings. The number of benzene rings is 1. The molecular formula is C20H29IN4OS. The summed E-state index contributed by atoms with van der Waals surface area (Å²) in [6.45, 7) is 6.48. The van der Waals surface area contributed by atoms with Gasteiger partial charge in [-0.25, -0.2) is 4.99 Å². The SMILES string of the molecule is CCNC(=NCc1ccc(C(=O)N(C)C)cc1)NCC(C)c1ccsc1.I. The Kier molecular flexibility index (Phi) is 10.4. The van der Waals surface area contributed by atoms with E-state index in [2.05, 4.69) is 46.3 Å². The molecule has 1 amide bonds. The van der Waals surface area contributed by atoms with Gasteiger partial charge in [0.1, 0.15) is 0 Å². The van der Waals surface area contributed by atoms with E-state index in [0.717, 1.165) is 24.6 Å². The fourth-order valence-corrected chi connectivity index (χ4v) is 3.23. The number of rotatable bonds is 7. The highest BCUT2D eigenvalue weighted by atomic mass is 127. The van der Waals surface area contributed by atoms with Gasteiger partial charge in [0.15, 0.2) is 5.96 Å². The van der Waals surface area contributed by atoms with Gasteiger partial charge in [0.05, 0.1) is 6.54 Å². The number of carbonyl (C=O) groups excluding carboxylic acids is 1. The summed E-state index contributed by atoms with van der Waals surface area (Å²) in [6.07, 6.45) is 0. The van der Waals surface area contributed by atoms with Crippen LogP contribution in [0.3, 0.4) is 0 Å². The molecule has 0 saturated carbocycles. The molecule has 7 heteroatoms. The van der Waals surface area contributed by atoms with Crippen LogP contribution >= 0.6 is 35.3 Å². The number of hydrogen-bond donors (Lipinski definition) is 2. The highest BCUT2D eigenvalue weighted by molar-refractivity contribution is 14.0. The van der Waals surface area contributed by atoms with E-state index in [4.69, 9.17) is 0 Å². The second kappa shape index (κ2) is 12.0. The van der Waals surface area contributed by atoms with Crippen molar-refractivity contribution in [3.63, 3.8) is 0 Å². The topological polar surface area (TPSA) is 56.7 Å². The average Bonchev–Trinajstić information content (AvgIpc) is 3.18. The van der Waals surface area contributed by atoms with E-state index in [1.54, 1.807) is 30.3 Å². The molecule has 1 atom stereocenters. The molecule has 0 aliphatic carbocycles. The largest absolute Gasteiger partial charge is 0.357 e. The summed E-state index contributed by atoms with van der Waals surface area (Å²) in [5.41, 5.74) is 3.11. The quantitative estimate of drug-likeness (QED) is 0.344. The van der Waals surface area contributed by atoms with Crippen LogP contribution in [-0.4, -0.2) is 44.0 Å². The molecule has 1 aromatic carbocycles. The van der Waals surface area contributed by atoms with Crippen LogP contribution in [0.15, 0.2) is 46.1 Å². The Bertz CT molecular complexity index is 714.